The summed E-state index contributed by atoms with van der Waals surface area (Å²) in [5, 5.41) is 3.82. The second-order valence-electron chi connectivity index (χ2n) is 8.19. The van der Waals surface area contributed by atoms with Gasteiger partial charge in [0.1, 0.15) is 13.2 Å². The number of nitrogens with zero attached hydrogens (tertiary/aromatic N) is 2. The van der Waals surface area contributed by atoms with Gasteiger partial charge in [0, 0.05) is 30.0 Å². The molecule has 7 nitrogen and oxygen atoms in total. The van der Waals surface area contributed by atoms with Crippen LogP contribution < -0.4 is 20.3 Å². The molecule has 0 fully saturated rings. The van der Waals surface area contributed by atoms with Gasteiger partial charge in [-0.2, -0.15) is 0 Å². The van der Waals surface area contributed by atoms with Gasteiger partial charge in [0.2, 0.25) is 5.91 Å². The highest BCUT2D eigenvalue weighted by Gasteiger charge is 2.26. The highest BCUT2D eigenvalue weighted by atomic mass is 32.2. The van der Waals surface area contributed by atoms with Crippen LogP contribution in [-0.4, -0.2) is 39.7 Å². The molecule has 34 heavy (non-hydrogen) atoms. The van der Waals surface area contributed by atoms with E-state index in [-0.39, 0.29) is 17.2 Å². The van der Waals surface area contributed by atoms with Crippen molar-refractivity contribution in [3.8, 4) is 11.5 Å². The van der Waals surface area contributed by atoms with Crippen molar-refractivity contribution in [1.29, 1.82) is 0 Å². The van der Waals surface area contributed by atoms with Crippen LogP contribution in [0, 0.1) is 0 Å². The van der Waals surface area contributed by atoms with E-state index in [9.17, 15) is 9.59 Å². The van der Waals surface area contributed by atoms with Crippen LogP contribution >= 0.6 is 23.5 Å². The number of amides is 1. The third kappa shape index (κ3) is 5.10. The predicted molar refractivity (Wildman–Crippen MR) is 134 cm³/mol. The number of thioether (sulfide) groups is 2. The van der Waals surface area contributed by atoms with Crippen molar-refractivity contribution < 1.29 is 14.3 Å². The van der Waals surface area contributed by atoms with E-state index >= 15 is 0 Å². The molecule has 0 radical (unpaired) electrons. The number of carbonyl (C=O) groups is 1. The Morgan fingerprint density at radius 2 is 1.97 bits per heavy atom. The van der Waals surface area contributed by atoms with Gasteiger partial charge in [-0.25, -0.2) is 4.98 Å². The van der Waals surface area contributed by atoms with Crippen LogP contribution in [-0.2, 0) is 24.2 Å². The fourth-order valence-corrected chi connectivity index (χ4v) is 5.93. The zero-order valence-corrected chi connectivity index (χ0v) is 20.4. The van der Waals surface area contributed by atoms with Crippen molar-refractivity contribution in [1.82, 2.24) is 9.55 Å². The molecule has 0 saturated carbocycles. The Morgan fingerprint density at radius 3 is 2.79 bits per heavy atom. The minimum Gasteiger partial charge on any atom is -0.486 e. The Morgan fingerprint density at radius 1 is 1.18 bits per heavy atom. The summed E-state index contributed by atoms with van der Waals surface area (Å²) in [4.78, 5) is 31.5. The predicted octanol–water partition coefficient (Wildman–Crippen LogP) is 4.02. The Bertz CT molecular complexity index is 1260. The molecule has 3 aromatic rings. The third-order valence-electron chi connectivity index (χ3n) is 5.59. The second kappa shape index (κ2) is 10.1. The van der Waals surface area contributed by atoms with Crippen LogP contribution in [0.3, 0.4) is 0 Å². The summed E-state index contributed by atoms with van der Waals surface area (Å²) < 4.78 is 12.8. The Kier molecular flexibility index (Phi) is 6.82. The van der Waals surface area contributed by atoms with Gasteiger partial charge in [-0.3, -0.25) is 14.2 Å². The van der Waals surface area contributed by atoms with Crippen LogP contribution in [0.5, 0.6) is 11.5 Å². The molecule has 2 aliphatic heterocycles. The molecule has 1 atom stereocenters. The average Bonchev–Trinajstić information content (AvgIpc) is 3.23. The van der Waals surface area contributed by atoms with Gasteiger partial charge in [-0.05, 0) is 24.1 Å². The fourth-order valence-electron chi connectivity index (χ4n) is 3.97. The maximum Gasteiger partial charge on any atom is 0.268 e. The molecule has 5 rings (SSSR count). The van der Waals surface area contributed by atoms with E-state index in [0.29, 0.717) is 47.4 Å². The quantitative estimate of drug-likeness (QED) is 0.392. The highest BCUT2D eigenvalue weighted by Crippen LogP contribution is 2.35. The minimum absolute atomic E-state index is 0.00924. The number of rotatable bonds is 7. The molecule has 0 bridgehead atoms. The standard InChI is InChI=1S/C25H25N3O4S2/c1-16-13-19-23(34-16)24(30)28(10-9-17-5-3-2-4-6-17)25(27-19)33-15-22(29)26-18-7-8-20-21(14-18)32-12-11-31-20/h2-8,14,16H,9-13,15H2,1H3,(H,26,29)/t16-/m1/s1. The molecule has 2 aromatic carbocycles. The summed E-state index contributed by atoms with van der Waals surface area (Å²) in [6.07, 6.45) is 1.49. The third-order valence-corrected chi connectivity index (χ3v) is 7.78. The maximum absolute atomic E-state index is 13.3. The van der Waals surface area contributed by atoms with Gasteiger partial charge >= 0.3 is 0 Å². The first-order chi connectivity index (χ1) is 16.6. The van der Waals surface area contributed by atoms with E-state index in [4.69, 9.17) is 14.5 Å². The molecule has 3 heterocycles. The first-order valence-electron chi connectivity index (χ1n) is 11.2. The molecule has 1 amide bonds. The van der Waals surface area contributed by atoms with Crippen LogP contribution in [0.1, 0.15) is 18.2 Å². The van der Waals surface area contributed by atoms with Gasteiger partial charge in [-0.15, -0.1) is 11.8 Å². The van der Waals surface area contributed by atoms with Crippen LogP contribution in [0.15, 0.2) is 63.4 Å². The summed E-state index contributed by atoms with van der Waals surface area (Å²) in [6, 6.07) is 15.4. The second-order valence-corrected chi connectivity index (χ2v) is 10.6. The maximum atomic E-state index is 13.3. The van der Waals surface area contributed by atoms with Crippen molar-refractivity contribution in [3.05, 3.63) is 70.1 Å². The SMILES string of the molecule is C[C@@H]1Cc2nc(SCC(=O)Nc3ccc4c(c3)OCCO4)n(CCc3ccccc3)c(=O)c2S1. The number of nitrogens with one attached hydrogen (secondary N) is 1. The molecule has 0 spiro atoms. The minimum atomic E-state index is -0.172. The number of fused-ring (bicyclic) bond motifs is 2. The molecule has 0 unspecified atom stereocenters. The van der Waals surface area contributed by atoms with Crippen molar-refractivity contribution in [2.24, 2.45) is 0 Å². The topological polar surface area (TPSA) is 82.4 Å². The largest absolute Gasteiger partial charge is 0.486 e. The molecule has 1 N–H and O–H groups in total. The van der Waals surface area contributed by atoms with Crippen molar-refractivity contribution in [2.75, 3.05) is 24.3 Å². The Labute approximate surface area is 206 Å². The Hall–Kier alpha value is -2.91. The molecule has 176 valence electrons. The highest BCUT2D eigenvalue weighted by molar-refractivity contribution is 8.00. The normalized spacial score (nSPS) is 16.2. The number of carbonyl (C=O) groups excluding carboxylic acids is 1. The molecule has 0 saturated heterocycles. The van der Waals surface area contributed by atoms with Gasteiger partial charge in [0.25, 0.3) is 5.56 Å². The lowest BCUT2D eigenvalue weighted by atomic mass is 10.1. The van der Waals surface area contributed by atoms with E-state index in [2.05, 4.69) is 24.4 Å². The number of ether oxygens (including phenoxy) is 2. The monoisotopic (exact) mass is 495 g/mol. The number of benzene rings is 2. The van der Waals surface area contributed by atoms with E-state index < -0.39 is 0 Å². The van der Waals surface area contributed by atoms with Crippen LogP contribution in [0.25, 0.3) is 0 Å². The molecule has 2 aliphatic rings. The Balaban J connectivity index is 1.31. The van der Waals surface area contributed by atoms with Crippen LogP contribution in [0.4, 0.5) is 5.69 Å². The first kappa shape index (κ1) is 22.9. The van der Waals surface area contributed by atoms with E-state index in [1.165, 1.54) is 11.8 Å². The molecular formula is C25H25N3O4S2. The van der Waals surface area contributed by atoms with Gasteiger partial charge in [-0.1, -0.05) is 49.0 Å². The number of hydrogen-bond acceptors (Lipinski definition) is 7. The number of hydrogen-bond donors (Lipinski definition) is 1. The lowest BCUT2D eigenvalue weighted by molar-refractivity contribution is -0.113. The summed E-state index contributed by atoms with van der Waals surface area (Å²) in [5.74, 6) is 1.27. The van der Waals surface area contributed by atoms with Gasteiger partial charge in [0.05, 0.1) is 16.3 Å². The molecule has 0 aliphatic carbocycles. The molecular weight excluding hydrogens is 470 g/mol. The lowest BCUT2D eigenvalue weighted by Crippen LogP contribution is -2.27. The van der Waals surface area contributed by atoms with E-state index in [1.54, 1.807) is 34.5 Å². The smallest absolute Gasteiger partial charge is 0.268 e. The zero-order chi connectivity index (χ0) is 23.5. The summed E-state index contributed by atoms with van der Waals surface area (Å²) in [7, 11) is 0. The summed E-state index contributed by atoms with van der Waals surface area (Å²) >= 11 is 2.89. The van der Waals surface area contributed by atoms with Crippen molar-refractivity contribution >= 4 is 35.1 Å². The van der Waals surface area contributed by atoms with E-state index in [0.717, 1.165) is 29.0 Å². The van der Waals surface area contributed by atoms with Crippen LogP contribution in [0.2, 0.25) is 0 Å². The number of aryl methyl sites for hydroxylation is 1. The zero-order valence-electron chi connectivity index (χ0n) is 18.8. The molecule has 1 aromatic heterocycles. The summed E-state index contributed by atoms with van der Waals surface area (Å²) in [5.41, 5.74) is 2.63. The average molecular weight is 496 g/mol. The lowest BCUT2D eigenvalue weighted by Gasteiger charge is -2.19. The van der Waals surface area contributed by atoms with Gasteiger partial charge in [0.15, 0.2) is 16.7 Å². The number of anilines is 1. The van der Waals surface area contributed by atoms with Crippen molar-refractivity contribution in [3.63, 3.8) is 0 Å². The van der Waals surface area contributed by atoms with E-state index in [1.807, 2.05) is 18.2 Å². The first-order valence-corrected chi connectivity index (χ1v) is 13.1. The van der Waals surface area contributed by atoms with Gasteiger partial charge < -0.3 is 14.8 Å². The summed E-state index contributed by atoms with van der Waals surface area (Å²) in [6.45, 7) is 3.63. The number of aromatic nitrogens is 2. The molecule has 9 heteroatoms. The fraction of sp³-hybridized carbons (Fsp3) is 0.320. The van der Waals surface area contributed by atoms with Crippen molar-refractivity contribution in [2.45, 2.75) is 41.6 Å².